The molecule has 3 saturated heterocycles. The van der Waals surface area contributed by atoms with Gasteiger partial charge in [-0.25, -0.2) is 4.99 Å². The number of hydrogen-bond acceptors (Lipinski definition) is 13. The van der Waals surface area contributed by atoms with Crippen LogP contribution in [-0.4, -0.2) is 123 Å². The molecule has 1 unspecified atom stereocenters. The lowest BCUT2D eigenvalue weighted by Crippen LogP contribution is -2.52. The van der Waals surface area contributed by atoms with Crippen LogP contribution in [0.15, 0.2) is 105 Å². The van der Waals surface area contributed by atoms with Crippen molar-refractivity contribution in [3.8, 4) is 0 Å². The fourth-order valence-electron chi connectivity index (χ4n) is 11.3. The first kappa shape index (κ1) is 46.4. The molecule has 5 N–H and O–H groups in total. The Morgan fingerprint density at radius 3 is 2.39 bits per heavy atom. The third-order valence-electron chi connectivity index (χ3n) is 15.7. The van der Waals surface area contributed by atoms with Crippen molar-refractivity contribution in [2.75, 3.05) is 49.9 Å². The van der Waals surface area contributed by atoms with Gasteiger partial charge in [-0.2, -0.15) is 5.10 Å². The van der Waals surface area contributed by atoms with Gasteiger partial charge >= 0.3 is 0 Å². The highest BCUT2D eigenvalue weighted by atomic mass is 32.2. The largest absolute Gasteiger partial charge is 0.370 e. The van der Waals surface area contributed by atoms with Crippen LogP contribution in [0.5, 0.6) is 0 Å². The van der Waals surface area contributed by atoms with Crippen LogP contribution in [0.4, 0.5) is 11.4 Å². The number of carbonyl (C=O) groups excluding carboxylic acids is 4. The smallest absolute Gasteiger partial charge is 0.276 e. The minimum absolute atomic E-state index is 0.0650. The van der Waals surface area contributed by atoms with E-state index in [-0.39, 0.29) is 36.0 Å². The van der Waals surface area contributed by atoms with E-state index < -0.39 is 17.9 Å². The van der Waals surface area contributed by atoms with Crippen molar-refractivity contribution in [2.24, 2.45) is 16.6 Å². The molecular weight excluding hydrogens is 899 g/mol. The zero-order valence-electron chi connectivity index (χ0n) is 40.0. The maximum atomic E-state index is 13.2. The second-order valence-electron chi connectivity index (χ2n) is 20.7. The first-order valence-corrected chi connectivity index (χ1v) is 26.2. The Morgan fingerprint density at radius 2 is 1.64 bits per heavy atom. The number of allylic oxidation sites excluding steroid dienone is 5. The zero-order valence-corrected chi connectivity index (χ0v) is 40.8. The van der Waals surface area contributed by atoms with E-state index in [4.69, 9.17) is 10.7 Å². The molecule has 0 radical (unpaired) electrons. The van der Waals surface area contributed by atoms with E-state index in [1.54, 1.807) is 41.6 Å². The van der Waals surface area contributed by atoms with Crippen LogP contribution in [0.1, 0.15) is 116 Å². The summed E-state index contributed by atoms with van der Waals surface area (Å²) in [6.45, 7) is 8.50. The highest BCUT2D eigenvalue weighted by molar-refractivity contribution is 8.03. The van der Waals surface area contributed by atoms with Crippen molar-refractivity contribution >= 4 is 58.6 Å². The topological polar surface area (TPSA) is 181 Å². The van der Waals surface area contributed by atoms with Gasteiger partial charge in [-0.3, -0.25) is 29.4 Å². The first-order valence-electron chi connectivity index (χ1n) is 25.3. The molecule has 16 heteroatoms. The molecular formula is C54H63N11O4S. The van der Waals surface area contributed by atoms with Crippen LogP contribution in [0.3, 0.4) is 0 Å². The molecule has 7 heterocycles. The number of rotatable bonds is 12. The summed E-state index contributed by atoms with van der Waals surface area (Å²) in [7, 11) is 0. The minimum atomic E-state index is -0.695. The Kier molecular flexibility index (Phi) is 13.1. The van der Waals surface area contributed by atoms with Crippen molar-refractivity contribution in [3.05, 3.63) is 117 Å². The molecule has 2 aromatic carbocycles. The van der Waals surface area contributed by atoms with E-state index in [1.165, 1.54) is 65.4 Å². The molecule has 3 aromatic rings. The molecule has 6 aliphatic heterocycles. The lowest BCUT2D eigenvalue weighted by atomic mass is 9.76. The third-order valence-corrected chi connectivity index (χ3v) is 16.7. The number of aromatic nitrogens is 2. The average Bonchev–Trinajstić information content (AvgIpc) is 4.18. The summed E-state index contributed by atoms with van der Waals surface area (Å²) in [4.78, 5) is 65.8. The molecule has 15 nitrogen and oxygen atoms in total. The molecule has 0 bridgehead atoms. The van der Waals surface area contributed by atoms with Crippen LogP contribution >= 0.6 is 11.8 Å². The number of anilines is 2. The maximum Gasteiger partial charge on any atom is 0.276 e. The summed E-state index contributed by atoms with van der Waals surface area (Å²) in [5, 5.41) is 18.9. The Morgan fingerprint density at radius 1 is 0.829 bits per heavy atom. The first-order chi connectivity index (χ1) is 34.0. The van der Waals surface area contributed by atoms with Gasteiger partial charge in [-0.15, -0.1) is 5.10 Å². The number of nitrogens with one attached hydrogen (secondary N) is 3. The SMILES string of the molecule is CC1(N)CCN(C2=CCC=C(Sc3cccc(NC(=C4CC4)C4CC(N5CCC(N6CC=C(c7ccc(C(=O)Nc8ccc9c(c8)CN(C8CCC(=O)NC8=O)C9=O)nn7)CC6)CC5)C4)c3)N=C2)CC1. The van der Waals surface area contributed by atoms with Gasteiger partial charge in [0.15, 0.2) is 5.69 Å². The van der Waals surface area contributed by atoms with Crippen LogP contribution in [0, 0.1) is 5.92 Å². The number of aliphatic imine (C=N–C) groups is 1. The van der Waals surface area contributed by atoms with Crippen molar-refractivity contribution in [1.82, 2.24) is 35.1 Å². The van der Waals surface area contributed by atoms with Gasteiger partial charge in [0, 0.05) is 90.2 Å². The predicted octanol–water partition coefficient (Wildman–Crippen LogP) is 7.09. The van der Waals surface area contributed by atoms with Crippen molar-refractivity contribution in [1.29, 1.82) is 0 Å². The molecule has 8 aliphatic rings. The molecule has 4 amide bonds. The van der Waals surface area contributed by atoms with Crippen molar-refractivity contribution in [3.63, 3.8) is 0 Å². The van der Waals surface area contributed by atoms with Gasteiger partial charge in [-0.05, 0) is 162 Å². The summed E-state index contributed by atoms with van der Waals surface area (Å²) >= 11 is 1.74. The van der Waals surface area contributed by atoms with Crippen molar-refractivity contribution < 1.29 is 19.2 Å². The number of fused-ring (bicyclic) bond motifs is 1. The van der Waals surface area contributed by atoms with Gasteiger partial charge in [0.2, 0.25) is 11.8 Å². The van der Waals surface area contributed by atoms with E-state index in [1.807, 2.05) is 12.3 Å². The second kappa shape index (κ2) is 19.7. The number of likely N-dealkylation sites (tertiary alicyclic amines) is 2. The standard InChI is InChI=1S/C54H63N11O4S/c1-54(55)20-26-64(27-21-54)41-5-3-7-49(56-32-41)70-43-6-2-4-38(31-43)57-50(35-8-9-35)36-29-42(30-36)63-24-18-40(19-25-63)62-22-16-34(17-23-62)45-12-13-46(61-60-45)51(67)58-39-10-11-44-37(28-39)33-65(53(44)69)47-14-15-48(66)59-52(47)68/h2,4-7,10-13,16,28,31-32,36,40,42,47,57H,3,8-9,14-15,17-27,29-30,33,55H2,1H3,(H,58,67)(H,59,66,68). The molecule has 11 rings (SSSR count). The lowest BCUT2D eigenvalue weighted by molar-refractivity contribution is -0.136. The molecule has 2 aliphatic carbocycles. The maximum absolute atomic E-state index is 13.2. The Bertz CT molecular complexity index is 2720. The van der Waals surface area contributed by atoms with Crippen molar-refractivity contribution in [2.45, 2.75) is 119 Å². The number of benzene rings is 2. The molecule has 364 valence electrons. The zero-order chi connectivity index (χ0) is 47.9. The molecule has 5 fully saturated rings. The normalized spacial score (nSPS) is 25.0. The van der Waals surface area contributed by atoms with Gasteiger partial charge < -0.3 is 31.1 Å². The molecule has 0 spiro atoms. The summed E-state index contributed by atoms with van der Waals surface area (Å²) in [5.74, 6) is -0.840. The van der Waals surface area contributed by atoms with E-state index in [0.29, 0.717) is 41.2 Å². The van der Waals surface area contributed by atoms with Gasteiger partial charge in [0.25, 0.3) is 11.8 Å². The van der Waals surface area contributed by atoms with Crippen LogP contribution in [0.25, 0.3) is 5.57 Å². The highest BCUT2D eigenvalue weighted by Gasteiger charge is 2.41. The summed E-state index contributed by atoms with van der Waals surface area (Å²) < 4.78 is 0. The number of carbonyl (C=O) groups is 4. The number of nitrogens with zero attached hydrogens (tertiary/aromatic N) is 7. The fourth-order valence-corrected chi connectivity index (χ4v) is 12.1. The summed E-state index contributed by atoms with van der Waals surface area (Å²) in [6.07, 6.45) is 20.3. The second-order valence-corrected chi connectivity index (χ2v) is 21.8. The quantitative estimate of drug-likeness (QED) is 0.136. The van der Waals surface area contributed by atoms with E-state index in [2.05, 4.69) is 90.3 Å². The van der Waals surface area contributed by atoms with E-state index in [9.17, 15) is 19.2 Å². The van der Waals surface area contributed by atoms with E-state index in [0.717, 1.165) is 81.2 Å². The van der Waals surface area contributed by atoms with Gasteiger partial charge in [0.05, 0.1) is 22.6 Å². The molecule has 70 heavy (non-hydrogen) atoms. The van der Waals surface area contributed by atoms with E-state index >= 15 is 0 Å². The van der Waals surface area contributed by atoms with Crippen LogP contribution in [-0.2, 0) is 16.1 Å². The molecule has 2 saturated carbocycles. The Hall–Kier alpha value is -5.94. The number of thioether (sulfide) groups is 1. The third kappa shape index (κ3) is 10.3. The van der Waals surface area contributed by atoms with Gasteiger partial charge in [0.1, 0.15) is 6.04 Å². The minimum Gasteiger partial charge on any atom is -0.370 e. The fraction of sp³-hybridized carbons (Fsp3) is 0.463. The van der Waals surface area contributed by atoms with Crippen LogP contribution in [0.2, 0.25) is 0 Å². The number of imide groups is 1. The number of amides is 4. The van der Waals surface area contributed by atoms with Crippen LogP contribution < -0.4 is 21.7 Å². The average molecular weight is 962 g/mol. The number of hydrogen-bond donors (Lipinski definition) is 4. The predicted molar refractivity (Wildman–Crippen MR) is 273 cm³/mol. The summed E-state index contributed by atoms with van der Waals surface area (Å²) in [5.41, 5.74) is 15.6. The lowest BCUT2D eigenvalue weighted by Gasteiger charge is -2.48. The monoisotopic (exact) mass is 961 g/mol. The number of piperidine rings is 3. The molecule has 1 atom stereocenters. The molecule has 1 aromatic heterocycles. The Balaban J connectivity index is 0.616. The number of nitrogens with two attached hydrogens (primary N) is 1. The highest BCUT2D eigenvalue weighted by Crippen LogP contribution is 2.45. The van der Waals surface area contributed by atoms with Gasteiger partial charge in [-0.1, -0.05) is 30.0 Å². The Labute approximate surface area is 414 Å². The summed E-state index contributed by atoms with van der Waals surface area (Å²) in [6, 6.07) is 18.0.